The number of likely N-dealkylation sites (tertiary alicyclic amines) is 1. The fourth-order valence-electron chi connectivity index (χ4n) is 4.45. The van der Waals surface area contributed by atoms with Crippen LogP contribution < -0.4 is 0 Å². The summed E-state index contributed by atoms with van der Waals surface area (Å²) < 4.78 is 11.6. The minimum atomic E-state index is -0.111. The van der Waals surface area contributed by atoms with Crippen LogP contribution in [-0.4, -0.2) is 66.4 Å². The standard InChI is InChI=1S/C18H32N2O3/c1-15(2)23-14-18-8-6-12-20(18)16(7-9-18)13-22-17(21)19-10-4-3-5-11-19/h15-16H,3-14H2,1-2H3/t16-,18?/m1/s1. The maximum Gasteiger partial charge on any atom is 0.409 e. The molecule has 0 bridgehead atoms. The van der Waals surface area contributed by atoms with Gasteiger partial charge in [-0.15, -0.1) is 0 Å². The Kier molecular flexibility index (Phi) is 5.47. The van der Waals surface area contributed by atoms with E-state index >= 15 is 0 Å². The van der Waals surface area contributed by atoms with Gasteiger partial charge in [0.1, 0.15) is 6.61 Å². The maximum absolute atomic E-state index is 12.2. The Hall–Kier alpha value is -0.810. The van der Waals surface area contributed by atoms with Gasteiger partial charge in [0.25, 0.3) is 0 Å². The summed E-state index contributed by atoms with van der Waals surface area (Å²) in [5, 5.41) is 0. The normalized spacial score (nSPS) is 31.6. The van der Waals surface area contributed by atoms with E-state index in [-0.39, 0.29) is 17.7 Å². The van der Waals surface area contributed by atoms with Crippen LogP contribution in [0.15, 0.2) is 0 Å². The van der Waals surface area contributed by atoms with Crippen molar-refractivity contribution in [3.63, 3.8) is 0 Å². The number of ether oxygens (including phenoxy) is 2. The number of fused-ring (bicyclic) bond motifs is 1. The first-order valence-corrected chi connectivity index (χ1v) is 9.41. The van der Waals surface area contributed by atoms with Crippen LogP contribution in [0.4, 0.5) is 4.79 Å². The van der Waals surface area contributed by atoms with Crippen molar-refractivity contribution in [2.24, 2.45) is 0 Å². The van der Waals surface area contributed by atoms with Gasteiger partial charge in [-0.1, -0.05) is 0 Å². The van der Waals surface area contributed by atoms with Gasteiger partial charge in [-0.25, -0.2) is 4.79 Å². The van der Waals surface area contributed by atoms with Crippen molar-refractivity contribution in [3.05, 3.63) is 0 Å². The SMILES string of the molecule is CC(C)OCC12CCCN1[C@@H](COC(=O)N1CCCCC1)CC2. The van der Waals surface area contributed by atoms with Gasteiger partial charge in [-0.3, -0.25) is 4.90 Å². The second-order valence-electron chi connectivity index (χ2n) is 7.70. The summed E-state index contributed by atoms with van der Waals surface area (Å²) in [6.07, 6.45) is 8.37. The van der Waals surface area contributed by atoms with E-state index in [0.29, 0.717) is 12.6 Å². The molecule has 0 radical (unpaired) electrons. The van der Waals surface area contributed by atoms with Crippen molar-refractivity contribution in [1.82, 2.24) is 9.80 Å². The Morgan fingerprint density at radius 2 is 1.91 bits per heavy atom. The van der Waals surface area contributed by atoms with Gasteiger partial charge in [-0.05, 0) is 65.3 Å². The van der Waals surface area contributed by atoms with E-state index in [1.807, 2.05) is 4.90 Å². The molecule has 0 saturated carbocycles. The van der Waals surface area contributed by atoms with E-state index in [0.717, 1.165) is 45.5 Å². The molecule has 1 unspecified atom stereocenters. The fourth-order valence-corrected chi connectivity index (χ4v) is 4.45. The number of amides is 1. The highest BCUT2D eigenvalue weighted by Gasteiger charge is 2.49. The number of carbonyl (C=O) groups excluding carboxylic acids is 1. The van der Waals surface area contributed by atoms with Gasteiger partial charge >= 0.3 is 6.09 Å². The van der Waals surface area contributed by atoms with Crippen LogP contribution in [-0.2, 0) is 9.47 Å². The van der Waals surface area contributed by atoms with Crippen LogP contribution >= 0.6 is 0 Å². The van der Waals surface area contributed by atoms with Gasteiger partial charge in [0.05, 0.1) is 12.7 Å². The van der Waals surface area contributed by atoms with E-state index in [4.69, 9.17) is 9.47 Å². The quantitative estimate of drug-likeness (QED) is 0.779. The minimum absolute atomic E-state index is 0.111. The van der Waals surface area contributed by atoms with Crippen molar-refractivity contribution in [2.75, 3.05) is 32.8 Å². The molecule has 0 aromatic carbocycles. The average molecular weight is 324 g/mol. The number of hydrogen-bond donors (Lipinski definition) is 0. The fraction of sp³-hybridized carbons (Fsp3) is 0.944. The molecule has 0 spiro atoms. The van der Waals surface area contributed by atoms with Crippen LogP contribution in [0, 0.1) is 0 Å². The smallest absolute Gasteiger partial charge is 0.409 e. The zero-order valence-corrected chi connectivity index (χ0v) is 14.8. The molecule has 3 heterocycles. The van der Waals surface area contributed by atoms with Crippen molar-refractivity contribution in [1.29, 1.82) is 0 Å². The molecular formula is C18H32N2O3. The molecule has 5 heteroatoms. The molecule has 3 fully saturated rings. The molecule has 0 aromatic heterocycles. The monoisotopic (exact) mass is 324 g/mol. The Bertz CT molecular complexity index is 409. The summed E-state index contributed by atoms with van der Waals surface area (Å²) in [7, 11) is 0. The molecule has 3 aliphatic heterocycles. The molecular weight excluding hydrogens is 292 g/mol. The zero-order chi connectivity index (χ0) is 16.3. The van der Waals surface area contributed by atoms with Crippen molar-refractivity contribution >= 4 is 6.09 Å². The van der Waals surface area contributed by atoms with Gasteiger partial charge in [0.15, 0.2) is 0 Å². The summed E-state index contributed by atoms with van der Waals surface area (Å²) in [6.45, 7) is 8.40. The predicted octanol–water partition coefficient (Wildman–Crippen LogP) is 3.03. The number of carbonyl (C=O) groups is 1. The summed E-state index contributed by atoms with van der Waals surface area (Å²) in [5.74, 6) is 0. The Morgan fingerprint density at radius 3 is 2.65 bits per heavy atom. The van der Waals surface area contributed by atoms with Gasteiger partial charge < -0.3 is 14.4 Å². The summed E-state index contributed by atoms with van der Waals surface area (Å²) >= 11 is 0. The molecule has 0 aliphatic carbocycles. The molecule has 3 saturated heterocycles. The third-order valence-corrected chi connectivity index (χ3v) is 5.73. The van der Waals surface area contributed by atoms with E-state index in [9.17, 15) is 4.79 Å². The summed E-state index contributed by atoms with van der Waals surface area (Å²) in [5.41, 5.74) is 0.201. The first-order chi connectivity index (χ1) is 11.1. The highest BCUT2D eigenvalue weighted by Crippen LogP contribution is 2.42. The number of rotatable bonds is 5. The molecule has 0 N–H and O–H groups in total. The van der Waals surface area contributed by atoms with Gasteiger partial charge in [-0.2, -0.15) is 0 Å². The van der Waals surface area contributed by atoms with Crippen LogP contribution in [0.5, 0.6) is 0 Å². The summed E-state index contributed by atoms with van der Waals surface area (Å²) in [4.78, 5) is 16.6. The molecule has 3 rings (SSSR count). The average Bonchev–Trinajstić information content (AvgIpc) is 3.11. The van der Waals surface area contributed by atoms with Crippen molar-refractivity contribution in [2.45, 2.75) is 76.5 Å². The van der Waals surface area contributed by atoms with E-state index < -0.39 is 0 Å². The minimum Gasteiger partial charge on any atom is -0.448 e. The lowest BCUT2D eigenvalue weighted by atomic mass is 9.95. The molecule has 23 heavy (non-hydrogen) atoms. The van der Waals surface area contributed by atoms with Gasteiger partial charge in [0, 0.05) is 24.7 Å². The lowest BCUT2D eigenvalue weighted by molar-refractivity contribution is -0.0129. The lowest BCUT2D eigenvalue weighted by Crippen LogP contribution is -2.48. The highest BCUT2D eigenvalue weighted by molar-refractivity contribution is 5.67. The van der Waals surface area contributed by atoms with Crippen LogP contribution in [0.25, 0.3) is 0 Å². The second-order valence-corrected chi connectivity index (χ2v) is 7.70. The first-order valence-electron chi connectivity index (χ1n) is 9.41. The first kappa shape index (κ1) is 17.0. The third kappa shape index (κ3) is 3.82. The predicted molar refractivity (Wildman–Crippen MR) is 89.6 cm³/mol. The van der Waals surface area contributed by atoms with E-state index in [2.05, 4.69) is 18.7 Å². The second kappa shape index (κ2) is 7.39. The Morgan fingerprint density at radius 1 is 1.13 bits per heavy atom. The number of hydrogen-bond acceptors (Lipinski definition) is 4. The lowest BCUT2D eigenvalue weighted by Gasteiger charge is -2.35. The topological polar surface area (TPSA) is 42.0 Å². The number of nitrogens with zero attached hydrogens (tertiary/aromatic N) is 2. The molecule has 5 nitrogen and oxygen atoms in total. The van der Waals surface area contributed by atoms with Crippen LogP contribution in [0.3, 0.4) is 0 Å². The molecule has 2 atom stereocenters. The highest BCUT2D eigenvalue weighted by atomic mass is 16.6. The van der Waals surface area contributed by atoms with E-state index in [1.54, 1.807) is 0 Å². The van der Waals surface area contributed by atoms with Crippen molar-refractivity contribution < 1.29 is 14.3 Å². The van der Waals surface area contributed by atoms with E-state index in [1.165, 1.54) is 25.7 Å². The largest absolute Gasteiger partial charge is 0.448 e. The number of piperidine rings is 1. The zero-order valence-electron chi connectivity index (χ0n) is 14.8. The maximum atomic E-state index is 12.2. The summed E-state index contributed by atoms with van der Waals surface area (Å²) in [6, 6.07) is 0.377. The van der Waals surface area contributed by atoms with Gasteiger partial charge in [0.2, 0.25) is 0 Å². The Labute approximate surface area is 140 Å². The molecule has 1 amide bonds. The molecule has 0 aromatic rings. The third-order valence-electron chi connectivity index (χ3n) is 5.73. The Balaban J connectivity index is 1.50. The van der Waals surface area contributed by atoms with Crippen LogP contribution in [0.2, 0.25) is 0 Å². The molecule has 3 aliphatic rings. The van der Waals surface area contributed by atoms with Crippen LogP contribution in [0.1, 0.15) is 58.8 Å². The molecule has 132 valence electrons. The van der Waals surface area contributed by atoms with Crippen molar-refractivity contribution in [3.8, 4) is 0 Å².